The zero-order chi connectivity index (χ0) is 12.1. The second kappa shape index (κ2) is 8.74. The van der Waals surface area contributed by atoms with Gasteiger partial charge in [0.15, 0.2) is 5.60 Å². The molecule has 0 aliphatic heterocycles. The fraction of sp³-hybridized carbons (Fsp3) is 0.625. The molecule has 8 nitrogen and oxygen atoms in total. The van der Waals surface area contributed by atoms with Crippen molar-refractivity contribution in [3.05, 3.63) is 0 Å². The standard InChI is InChI=1S/C8H12O7.ClH.H3N/c1-2-15-6(11)4-8(14,7(12)13)3-5(9)10;;/h14H,2-4H2,1H3,(H,9,10)(H,12,13);1H;1H3. The third kappa shape index (κ3) is 7.50. The van der Waals surface area contributed by atoms with E-state index in [9.17, 15) is 19.5 Å². The normalized spacial score (nSPS) is 12.4. The Morgan fingerprint density at radius 3 is 1.94 bits per heavy atom. The maximum absolute atomic E-state index is 10.9. The number of esters is 1. The van der Waals surface area contributed by atoms with Crippen molar-refractivity contribution in [1.29, 1.82) is 0 Å². The molecule has 0 aliphatic rings. The molecule has 0 fully saturated rings. The summed E-state index contributed by atoms with van der Waals surface area (Å²) < 4.78 is 4.41. The molecule has 0 aromatic carbocycles. The fourth-order valence-electron chi connectivity index (χ4n) is 0.915. The number of rotatable bonds is 6. The van der Waals surface area contributed by atoms with Gasteiger partial charge in [-0.05, 0) is 6.92 Å². The molecule has 0 aliphatic carbocycles. The highest BCUT2D eigenvalue weighted by molar-refractivity contribution is 5.88. The number of carbonyl (C=O) groups is 3. The number of halogens is 1. The molecule has 0 heterocycles. The Bertz CT molecular complexity index is 283. The number of aliphatic hydroxyl groups is 1. The maximum atomic E-state index is 10.9. The van der Waals surface area contributed by atoms with Crippen LogP contribution in [0.15, 0.2) is 0 Å². The predicted molar refractivity (Wildman–Crippen MR) is 58.4 cm³/mol. The Morgan fingerprint density at radius 2 is 1.65 bits per heavy atom. The SMILES string of the molecule is CCOC(=O)CC(O)(CC(=O)O)C(=O)O.Cl.N. The first kappa shape index (κ1) is 21.0. The Balaban J connectivity index is -0.000000980. The number of carbonyl (C=O) groups excluding carboxylic acids is 1. The van der Waals surface area contributed by atoms with E-state index in [4.69, 9.17) is 10.2 Å². The van der Waals surface area contributed by atoms with Gasteiger partial charge in [-0.2, -0.15) is 0 Å². The lowest BCUT2D eigenvalue weighted by atomic mass is 9.96. The van der Waals surface area contributed by atoms with Crippen molar-refractivity contribution < 1.29 is 34.4 Å². The molecule has 17 heavy (non-hydrogen) atoms. The van der Waals surface area contributed by atoms with E-state index in [0.29, 0.717) is 0 Å². The summed E-state index contributed by atoms with van der Waals surface area (Å²) in [4.78, 5) is 31.8. The van der Waals surface area contributed by atoms with Crippen LogP contribution in [0.2, 0.25) is 0 Å². The average Bonchev–Trinajstić information content (AvgIpc) is 2.01. The Kier molecular flexibility index (Phi) is 10.8. The summed E-state index contributed by atoms with van der Waals surface area (Å²) in [6, 6.07) is 0. The molecule has 0 rings (SSSR count). The summed E-state index contributed by atoms with van der Waals surface area (Å²) in [6.07, 6.45) is -1.94. The van der Waals surface area contributed by atoms with E-state index < -0.39 is 36.4 Å². The third-order valence-corrected chi connectivity index (χ3v) is 1.58. The molecule has 9 heteroatoms. The molecular formula is C8H16ClNO7. The largest absolute Gasteiger partial charge is 0.481 e. The zero-order valence-corrected chi connectivity index (χ0v) is 10.0. The summed E-state index contributed by atoms with van der Waals surface area (Å²) in [7, 11) is 0. The Labute approximate surface area is 104 Å². The van der Waals surface area contributed by atoms with Crippen molar-refractivity contribution >= 4 is 30.3 Å². The van der Waals surface area contributed by atoms with E-state index in [1.54, 1.807) is 0 Å². The number of hydrogen-bond donors (Lipinski definition) is 4. The highest BCUT2D eigenvalue weighted by Crippen LogP contribution is 2.16. The van der Waals surface area contributed by atoms with E-state index in [1.807, 2.05) is 0 Å². The minimum Gasteiger partial charge on any atom is -0.481 e. The second-order valence-electron chi connectivity index (χ2n) is 2.89. The van der Waals surface area contributed by atoms with Crippen molar-refractivity contribution in [1.82, 2.24) is 6.15 Å². The van der Waals surface area contributed by atoms with Crippen LogP contribution < -0.4 is 6.15 Å². The van der Waals surface area contributed by atoms with Crippen molar-refractivity contribution in [2.75, 3.05) is 6.61 Å². The minimum absolute atomic E-state index is 0. The summed E-state index contributed by atoms with van der Waals surface area (Å²) in [5, 5.41) is 26.3. The third-order valence-electron chi connectivity index (χ3n) is 1.58. The van der Waals surface area contributed by atoms with Gasteiger partial charge in [-0.15, -0.1) is 12.4 Å². The first-order valence-corrected chi connectivity index (χ1v) is 4.15. The van der Waals surface area contributed by atoms with Gasteiger partial charge in [0.05, 0.1) is 19.4 Å². The van der Waals surface area contributed by atoms with Gasteiger partial charge >= 0.3 is 17.9 Å². The van der Waals surface area contributed by atoms with Crippen LogP contribution in [0.3, 0.4) is 0 Å². The Morgan fingerprint density at radius 1 is 1.18 bits per heavy atom. The lowest BCUT2D eigenvalue weighted by Crippen LogP contribution is -2.43. The first-order valence-electron chi connectivity index (χ1n) is 4.15. The summed E-state index contributed by atoms with van der Waals surface area (Å²) >= 11 is 0. The average molecular weight is 274 g/mol. The molecular weight excluding hydrogens is 258 g/mol. The molecule has 0 saturated heterocycles. The van der Waals surface area contributed by atoms with E-state index in [2.05, 4.69) is 4.74 Å². The topological polar surface area (TPSA) is 156 Å². The van der Waals surface area contributed by atoms with Crippen LogP contribution in [0.25, 0.3) is 0 Å². The lowest BCUT2D eigenvalue weighted by molar-refractivity contribution is -0.171. The van der Waals surface area contributed by atoms with Gasteiger partial charge in [0, 0.05) is 0 Å². The van der Waals surface area contributed by atoms with Gasteiger partial charge in [0.25, 0.3) is 0 Å². The molecule has 1 unspecified atom stereocenters. The predicted octanol–water partition coefficient (Wildman–Crippen LogP) is -0.186. The van der Waals surface area contributed by atoms with Crippen molar-refractivity contribution in [3.63, 3.8) is 0 Å². The lowest BCUT2D eigenvalue weighted by Gasteiger charge is -2.19. The smallest absolute Gasteiger partial charge is 0.336 e. The number of hydrogen-bond acceptors (Lipinski definition) is 6. The van der Waals surface area contributed by atoms with Gasteiger partial charge in [-0.1, -0.05) is 0 Å². The van der Waals surface area contributed by atoms with Gasteiger partial charge in [-0.25, -0.2) is 4.79 Å². The summed E-state index contributed by atoms with van der Waals surface area (Å²) in [6.45, 7) is 1.54. The number of carboxylic acids is 2. The van der Waals surface area contributed by atoms with E-state index in [-0.39, 0.29) is 25.2 Å². The van der Waals surface area contributed by atoms with Crippen LogP contribution in [0.5, 0.6) is 0 Å². The summed E-state index contributed by atoms with van der Waals surface area (Å²) in [5.41, 5.74) is -2.61. The van der Waals surface area contributed by atoms with E-state index >= 15 is 0 Å². The summed E-state index contributed by atoms with van der Waals surface area (Å²) in [5.74, 6) is -4.23. The van der Waals surface area contributed by atoms with E-state index in [1.165, 1.54) is 6.92 Å². The van der Waals surface area contributed by atoms with Crippen LogP contribution >= 0.6 is 12.4 Å². The molecule has 1 atom stereocenters. The molecule has 0 aromatic heterocycles. The van der Waals surface area contributed by atoms with Crippen LogP contribution in [-0.2, 0) is 19.1 Å². The number of ether oxygens (including phenoxy) is 1. The molecule has 0 aromatic rings. The highest BCUT2D eigenvalue weighted by Gasteiger charge is 2.41. The zero-order valence-electron chi connectivity index (χ0n) is 9.21. The molecule has 0 amide bonds. The van der Waals surface area contributed by atoms with Crippen LogP contribution in [0, 0.1) is 0 Å². The quantitative estimate of drug-likeness (QED) is 0.485. The molecule has 0 spiro atoms. The van der Waals surface area contributed by atoms with Crippen molar-refractivity contribution in [2.45, 2.75) is 25.4 Å². The highest BCUT2D eigenvalue weighted by atomic mass is 35.5. The number of aliphatic carboxylic acids is 2. The molecule has 6 N–H and O–H groups in total. The molecule has 102 valence electrons. The molecule has 0 bridgehead atoms. The van der Waals surface area contributed by atoms with Crippen LogP contribution in [0.1, 0.15) is 19.8 Å². The second-order valence-corrected chi connectivity index (χ2v) is 2.89. The fourth-order valence-corrected chi connectivity index (χ4v) is 0.915. The maximum Gasteiger partial charge on any atom is 0.336 e. The van der Waals surface area contributed by atoms with Crippen molar-refractivity contribution in [2.24, 2.45) is 0 Å². The van der Waals surface area contributed by atoms with Gasteiger partial charge in [0.2, 0.25) is 0 Å². The van der Waals surface area contributed by atoms with Gasteiger partial charge in [0.1, 0.15) is 0 Å². The van der Waals surface area contributed by atoms with Gasteiger partial charge in [-0.3, -0.25) is 9.59 Å². The van der Waals surface area contributed by atoms with E-state index in [0.717, 1.165) is 0 Å². The van der Waals surface area contributed by atoms with Gasteiger partial charge < -0.3 is 26.2 Å². The van der Waals surface area contributed by atoms with Crippen molar-refractivity contribution in [3.8, 4) is 0 Å². The monoisotopic (exact) mass is 273 g/mol. The number of carboxylic acid groups (broad SMARTS) is 2. The molecule has 0 saturated carbocycles. The minimum atomic E-state index is -2.61. The molecule has 0 radical (unpaired) electrons. The van der Waals surface area contributed by atoms with Crippen LogP contribution in [-0.4, -0.2) is 45.4 Å². The first-order chi connectivity index (χ1) is 6.81. The Hall–Kier alpha value is -1.38. The van der Waals surface area contributed by atoms with Crippen LogP contribution in [0.4, 0.5) is 0 Å².